The first-order valence-electron chi connectivity index (χ1n) is 9.13. The van der Waals surface area contributed by atoms with Gasteiger partial charge < -0.3 is 19.5 Å². The number of hydrogen-bond donors (Lipinski definition) is 1. The second-order valence-electron chi connectivity index (χ2n) is 6.50. The molecule has 1 saturated heterocycles. The molecule has 2 heterocycles. The van der Waals surface area contributed by atoms with E-state index in [0.29, 0.717) is 24.6 Å². The highest BCUT2D eigenvalue weighted by atomic mass is 16.6. The van der Waals surface area contributed by atoms with Crippen molar-refractivity contribution in [1.82, 2.24) is 9.55 Å². The minimum atomic E-state index is -0.506. The smallest absolute Gasteiger partial charge is 0.294 e. The van der Waals surface area contributed by atoms with Gasteiger partial charge in [0.25, 0.3) is 11.6 Å². The standard InChI is InChI=1S/C20H19N5O4/c26-20(22-16-3-1-2-4-17(16)23-9-11-29-12-10-23)15-5-6-18(19(13-15)25(27)28)24-8-7-21-14-24/h1-8,13-14H,9-12H2,(H,22,26). The van der Waals surface area contributed by atoms with Crippen molar-refractivity contribution in [1.29, 1.82) is 0 Å². The van der Waals surface area contributed by atoms with Crippen LogP contribution < -0.4 is 10.2 Å². The highest BCUT2D eigenvalue weighted by molar-refractivity contribution is 6.06. The van der Waals surface area contributed by atoms with Crippen molar-refractivity contribution in [3.63, 3.8) is 0 Å². The molecule has 1 N–H and O–H groups in total. The number of imidazole rings is 1. The fraction of sp³-hybridized carbons (Fsp3) is 0.200. The summed E-state index contributed by atoms with van der Waals surface area (Å²) in [6.07, 6.45) is 4.62. The van der Waals surface area contributed by atoms with Crippen molar-refractivity contribution in [2.24, 2.45) is 0 Å². The van der Waals surface area contributed by atoms with Crippen molar-refractivity contribution in [2.45, 2.75) is 0 Å². The molecule has 1 aliphatic rings. The molecule has 9 nitrogen and oxygen atoms in total. The molecule has 1 fully saturated rings. The van der Waals surface area contributed by atoms with Gasteiger partial charge in [0.1, 0.15) is 5.69 Å². The van der Waals surface area contributed by atoms with Crippen LogP contribution in [0.15, 0.2) is 61.2 Å². The first-order valence-corrected chi connectivity index (χ1v) is 9.13. The Bertz CT molecular complexity index is 1030. The van der Waals surface area contributed by atoms with Crippen molar-refractivity contribution in [3.8, 4) is 5.69 Å². The van der Waals surface area contributed by atoms with E-state index in [0.717, 1.165) is 18.8 Å². The molecule has 1 amide bonds. The number of nitrogens with zero attached hydrogens (tertiary/aromatic N) is 4. The lowest BCUT2D eigenvalue weighted by Crippen LogP contribution is -2.36. The van der Waals surface area contributed by atoms with Gasteiger partial charge in [0.05, 0.1) is 35.8 Å². The third-order valence-electron chi connectivity index (χ3n) is 4.72. The number of ether oxygens (including phenoxy) is 1. The van der Waals surface area contributed by atoms with Crippen LogP contribution in [0.4, 0.5) is 17.1 Å². The lowest BCUT2D eigenvalue weighted by molar-refractivity contribution is -0.384. The Kier molecular flexibility index (Phi) is 5.21. The van der Waals surface area contributed by atoms with E-state index in [9.17, 15) is 14.9 Å². The summed E-state index contributed by atoms with van der Waals surface area (Å²) in [5.41, 5.74) is 1.93. The van der Waals surface area contributed by atoms with Gasteiger partial charge in [-0.25, -0.2) is 4.98 Å². The number of carbonyl (C=O) groups is 1. The van der Waals surface area contributed by atoms with Crippen LogP contribution in [0.25, 0.3) is 5.69 Å². The Balaban J connectivity index is 1.61. The van der Waals surface area contributed by atoms with Gasteiger partial charge >= 0.3 is 0 Å². The molecule has 1 aliphatic heterocycles. The lowest BCUT2D eigenvalue weighted by atomic mass is 10.1. The highest BCUT2D eigenvalue weighted by Crippen LogP contribution is 2.28. The highest BCUT2D eigenvalue weighted by Gasteiger charge is 2.20. The summed E-state index contributed by atoms with van der Waals surface area (Å²) < 4.78 is 6.92. The molecule has 0 bridgehead atoms. The second-order valence-corrected chi connectivity index (χ2v) is 6.50. The molecule has 9 heteroatoms. The molecule has 0 spiro atoms. The van der Waals surface area contributed by atoms with Crippen LogP contribution in [0.3, 0.4) is 0 Å². The van der Waals surface area contributed by atoms with E-state index >= 15 is 0 Å². The Morgan fingerprint density at radius 2 is 1.93 bits per heavy atom. The lowest BCUT2D eigenvalue weighted by Gasteiger charge is -2.30. The van der Waals surface area contributed by atoms with E-state index in [-0.39, 0.29) is 11.3 Å². The summed E-state index contributed by atoms with van der Waals surface area (Å²) in [6.45, 7) is 2.73. The number of hydrogen-bond acceptors (Lipinski definition) is 6. The second kappa shape index (κ2) is 8.11. The Morgan fingerprint density at radius 1 is 1.14 bits per heavy atom. The molecule has 0 radical (unpaired) electrons. The molecule has 4 rings (SSSR count). The topological polar surface area (TPSA) is 103 Å². The van der Waals surface area contributed by atoms with Crippen molar-refractivity contribution < 1.29 is 14.5 Å². The summed E-state index contributed by atoms with van der Waals surface area (Å²) in [7, 11) is 0. The van der Waals surface area contributed by atoms with Gasteiger partial charge in [0.15, 0.2) is 0 Å². The number of morpholine rings is 1. The number of carbonyl (C=O) groups excluding carboxylic acids is 1. The van der Waals surface area contributed by atoms with Gasteiger partial charge in [-0.1, -0.05) is 12.1 Å². The van der Waals surface area contributed by atoms with Crippen molar-refractivity contribution in [3.05, 3.63) is 76.9 Å². The van der Waals surface area contributed by atoms with Gasteiger partial charge in [-0.05, 0) is 24.3 Å². The summed E-state index contributed by atoms with van der Waals surface area (Å²) in [5.74, 6) is -0.411. The number of nitrogens with one attached hydrogen (secondary N) is 1. The van der Waals surface area contributed by atoms with Crippen LogP contribution in [0.5, 0.6) is 0 Å². The number of amides is 1. The minimum absolute atomic E-state index is 0.169. The monoisotopic (exact) mass is 393 g/mol. The number of aromatic nitrogens is 2. The summed E-state index contributed by atoms with van der Waals surface area (Å²) >= 11 is 0. The Morgan fingerprint density at radius 3 is 2.66 bits per heavy atom. The zero-order chi connectivity index (χ0) is 20.2. The van der Waals surface area contributed by atoms with Gasteiger partial charge in [-0.3, -0.25) is 14.9 Å². The third kappa shape index (κ3) is 3.94. The van der Waals surface area contributed by atoms with Crippen LogP contribution in [0.1, 0.15) is 10.4 Å². The van der Waals surface area contributed by atoms with E-state index < -0.39 is 10.8 Å². The molecular weight excluding hydrogens is 374 g/mol. The number of nitro groups is 1. The number of benzene rings is 2. The molecule has 0 aliphatic carbocycles. The fourth-order valence-corrected chi connectivity index (χ4v) is 3.28. The molecule has 0 unspecified atom stereocenters. The first-order chi connectivity index (χ1) is 14.1. The van der Waals surface area contributed by atoms with Gasteiger partial charge in [-0.15, -0.1) is 0 Å². The fourth-order valence-electron chi connectivity index (χ4n) is 3.28. The van der Waals surface area contributed by atoms with Gasteiger partial charge in [0.2, 0.25) is 0 Å². The minimum Gasteiger partial charge on any atom is -0.378 e. The van der Waals surface area contributed by atoms with Crippen LogP contribution >= 0.6 is 0 Å². The molecule has 2 aromatic carbocycles. The maximum Gasteiger partial charge on any atom is 0.294 e. The predicted octanol–water partition coefficient (Wildman–Crippen LogP) is 2.87. The van der Waals surface area contributed by atoms with Crippen molar-refractivity contribution >= 4 is 23.0 Å². The molecule has 0 saturated carbocycles. The van der Waals surface area contributed by atoms with Crippen molar-refractivity contribution in [2.75, 3.05) is 36.5 Å². The molecule has 1 aromatic heterocycles. The Labute approximate surface area is 166 Å². The number of para-hydroxylation sites is 2. The quantitative estimate of drug-likeness (QED) is 0.528. The molecular formula is C20H19N5O4. The van der Waals surface area contributed by atoms with Crippen LogP contribution in [-0.2, 0) is 4.74 Å². The molecule has 148 valence electrons. The summed E-state index contributed by atoms with van der Waals surface area (Å²) in [5, 5.41) is 14.4. The first kappa shape index (κ1) is 18.6. The number of rotatable bonds is 5. The predicted molar refractivity (Wildman–Crippen MR) is 108 cm³/mol. The zero-order valence-corrected chi connectivity index (χ0v) is 15.5. The number of nitro benzene ring substituents is 1. The zero-order valence-electron chi connectivity index (χ0n) is 15.5. The average molecular weight is 393 g/mol. The van der Waals surface area contributed by atoms with Gasteiger partial charge in [-0.2, -0.15) is 0 Å². The van der Waals surface area contributed by atoms with Crippen LogP contribution in [0, 0.1) is 10.1 Å². The molecule has 3 aromatic rings. The van der Waals surface area contributed by atoms with Crippen LogP contribution in [-0.4, -0.2) is 46.7 Å². The van der Waals surface area contributed by atoms with Crippen LogP contribution in [0.2, 0.25) is 0 Å². The van der Waals surface area contributed by atoms with Gasteiger partial charge in [0, 0.05) is 37.1 Å². The summed E-state index contributed by atoms with van der Waals surface area (Å²) in [4.78, 5) is 29.9. The summed E-state index contributed by atoms with van der Waals surface area (Å²) in [6, 6.07) is 11.9. The Hall–Kier alpha value is -3.72. The van der Waals surface area contributed by atoms with E-state index in [1.807, 2.05) is 24.3 Å². The molecule has 0 atom stereocenters. The molecule has 29 heavy (non-hydrogen) atoms. The van der Waals surface area contributed by atoms with E-state index in [1.54, 1.807) is 18.3 Å². The van der Waals surface area contributed by atoms with E-state index in [1.165, 1.54) is 23.2 Å². The van der Waals surface area contributed by atoms with E-state index in [2.05, 4.69) is 15.2 Å². The SMILES string of the molecule is O=C(Nc1ccccc1N1CCOCC1)c1ccc(-n2ccnc2)c([N+](=O)[O-])c1. The van der Waals surface area contributed by atoms with E-state index in [4.69, 9.17) is 4.74 Å². The maximum absolute atomic E-state index is 12.8. The average Bonchev–Trinajstić information content (AvgIpc) is 3.29. The largest absolute Gasteiger partial charge is 0.378 e. The normalized spacial score (nSPS) is 13.9. The number of anilines is 2. The maximum atomic E-state index is 12.8. The third-order valence-corrected chi connectivity index (χ3v) is 4.72.